The van der Waals surface area contributed by atoms with Gasteiger partial charge in [-0.2, -0.15) is 0 Å². The molecule has 3 nitrogen and oxygen atoms in total. The molecule has 0 bridgehead atoms. The maximum absolute atomic E-state index is 9.47. The molecule has 0 aromatic heterocycles. The van der Waals surface area contributed by atoms with E-state index in [2.05, 4.69) is 31.0 Å². The van der Waals surface area contributed by atoms with Crippen molar-refractivity contribution in [2.75, 3.05) is 33.3 Å². The first kappa shape index (κ1) is 16.9. The predicted molar refractivity (Wildman–Crippen MR) is 75.4 cm³/mol. The zero-order chi connectivity index (χ0) is 13.1. The fourth-order valence-electron chi connectivity index (χ4n) is 2.36. The summed E-state index contributed by atoms with van der Waals surface area (Å²) >= 11 is 0. The summed E-state index contributed by atoms with van der Waals surface area (Å²) in [6.07, 6.45) is 5.66. The average molecular weight is 244 g/mol. The smallest absolute Gasteiger partial charge is 0.0613 e. The van der Waals surface area contributed by atoms with Crippen molar-refractivity contribution >= 4 is 0 Å². The Morgan fingerprint density at radius 2 is 1.65 bits per heavy atom. The number of nitrogens with one attached hydrogen (secondary N) is 1. The van der Waals surface area contributed by atoms with Crippen molar-refractivity contribution in [2.24, 2.45) is 0 Å². The Morgan fingerprint density at radius 1 is 1.06 bits per heavy atom. The summed E-state index contributed by atoms with van der Waals surface area (Å²) in [6, 6.07) is 0. The summed E-state index contributed by atoms with van der Waals surface area (Å²) in [7, 11) is 1.95. The number of rotatable bonds is 11. The molecule has 0 aliphatic heterocycles. The van der Waals surface area contributed by atoms with E-state index in [1.54, 1.807) is 0 Å². The number of aliphatic hydroxyl groups excluding tert-OH is 1. The molecule has 0 saturated heterocycles. The zero-order valence-electron chi connectivity index (χ0n) is 12.3. The largest absolute Gasteiger partial charge is 0.394 e. The lowest BCUT2D eigenvalue weighted by molar-refractivity contribution is 0.145. The van der Waals surface area contributed by atoms with Crippen molar-refractivity contribution in [3.63, 3.8) is 0 Å². The van der Waals surface area contributed by atoms with Crippen LogP contribution in [0.1, 0.15) is 52.9 Å². The fraction of sp³-hybridized carbons (Fsp3) is 1.00. The summed E-state index contributed by atoms with van der Waals surface area (Å²) in [4.78, 5) is 2.54. The summed E-state index contributed by atoms with van der Waals surface area (Å²) in [6.45, 7) is 10.4. The lowest BCUT2D eigenvalue weighted by Gasteiger charge is -2.31. The molecule has 0 aromatic carbocycles. The van der Waals surface area contributed by atoms with Crippen LogP contribution in [0.4, 0.5) is 0 Å². The van der Waals surface area contributed by atoms with Crippen molar-refractivity contribution in [1.82, 2.24) is 10.2 Å². The highest BCUT2D eigenvalue weighted by Crippen LogP contribution is 2.16. The molecule has 0 rings (SSSR count). The van der Waals surface area contributed by atoms with Gasteiger partial charge in [-0.15, -0.1) is 0 Å². The molecule has 0 saturated carbocycles. The molecule has 0 aliphatic rings. The van der Waals surface area contributed by atoms with Gasteiger partial charge in [-0.25, -0.2) is 0 Å². The van der Waals surface area contributed by atoms with E-state index in [1.165, 1.54) is 25.9 Å². The molecule has 0 fully saturated rings. The highest BCUT2D eigenvalue weighted by atomic mass is 16.3. The van der Waals surface area contributed by atoms with E-state index in [1.807, 2.05) is 7.05 Å². The minimum atomic E-state index is -0.0654. The summed E-state index contributed by atoms with van der Waals surface area (Å²) in [5.41, 5.74) is -0.0654. The summed E-state index contributed by atoms with van der Waals surface area (Å²) in [5, 5.41) is 12.8. The van der Waals surface area contributed by atoms with E-state index in [-0.39, 0.29) is 12.1 Å². The molecule has 0 heterocycles. The second-order valence-corrected chi connectivity index (χ2v) is 4.99. The molecule has 1 atom stereocenters. The molecule has 3 heteroatoms. The standard InChI is InChI=1S/C14H32N2O/c1-5-10-16(11-6-2)12-8-9-14(7-3,13-17)15-4/h15,17H,5-13H2,1-4H3. The van der Waals surface area contributed by atoms with Gasteiger partial charge in [0.05, 0.1) is 6.61 Å². The molecule has 0 amide bonds. The van der Waals surface area contributed by atoms with Gasteiger partial charge in [0, 0.05) is 5.54 Å². The van der Waals surface area contributed by atoms with Crippen LogP contribution >= 0.6 is 0 Å². The zero-order valence-corrected chi connectivity index (χ0v) is 12.3. The van der Waals surface area contributed by atoms with Crippen molar-refractivity contribution in [2.45, 2.75) is 58.4 Å². The number of nitrogens with zero attached hydrogens (tertiary/aromatic N) is 1. The van der Waals surface area contributed by atoms with Gasteiger partial charge in [-0.1, -0.05) is 20.8 Å². The highest BCUT2D eigenvalue weighted by Gasteiger charge is 2.24. The first-order chi connectivity index (χ1) is 8.17. The molecule has 2 N–H and O–H groups in total. The predicted octanol–water partition coefficient (Wildman–Crippen LogP) is 2.25. The Hall–Kier alpha value is -0.120. The normalized spacial score (nSPS) is 15.2. The second kappa shape index (κ2) is 9.86. The molecule has 0 aliphatic carbocycles. The number of aliphatic hydroxyl groups is 1. The van der Waals surface area contributed by atoms with Crippen molar-refractivity contribution in [1.29, 1.82) is 0 Å². The third-order valence-electron chi connectivity index (χ3n) is 3.72. The first-order valence-electron chi connectivity index (χ1n) is 7.20. The van der Waals surface area contributed by atoms with E-state index in [0.29, 0.717) is 0 Å². The molecule has 104 valence electrons. The molecular weight excluding hydrogens is 212 g/mol. The highest BCUT2D eigenvalue weighted by molar-refractivity contribution is 4.84. The maximum Gasteiger partial charge on any atom is 0.0613 e. The minimum Gasteiger partial charge on any atom is -0.394 e. The Kier molecular flexibility index (Phi) is 9.79. The van der Waals surface area contributed by atoms with Crippen molar-refractivity contribution in [3.05, 3.63) is 0 Å². The van der Waals surface area contributed by atoms with Crippen LogP contribution in [-0.2, 0) is 0 Å². The molecule has 0 aromatic rings. The maximum atomic E-state index is 9.47. The number of likely N-dealkylation sites (N-methyl/N-ethyl adjacent to an activating group) is 1. The molecule has 0 spiro atoms. The van der Waals surface area contributed by atoms with E-state index in [4.69, 9.17) is 0 Å². The van der Waals surface area contributed by atoms with Crippen LogP contribution in [0.25, 0.3) is 0 Å². The van der Waals surface area contributed by atoms with Gasteiger partial charge < -0.3 is 15.3 Å². The SMILES string of the molecule is CCCN(CCC)CCCC(CC)(CO)NC. The molecule has 1 unspecified atom stereocenters. The van der Waals surface area contributed by atoms with Gasteiger partial charge in [0.25, 0.3) is 0 Å². The van der Waals surface area contributed by atoms with Crippen LogP contribution in [0.3, 0.4) is 0 Å². The quantitative estimate of drug-likeness (QED) is 0.585. The van der Waals surface area contributed by atoms with E-state index in [0.717, 1.165) is 25.8 Å². The second-order valence-electron chi connectivity index (χ2n) is 4.99. The topological polar surface area (TPSA) is 35.5 Å². The van der Waals surface area contributed by atoms with Crippen molar-refractivity contribution < 1.29 is 5.11 Å². The third kappa shape index (κ3) is 6.39. The van der Waals surface area contributed by atoms with Crippen LogP contribution in [0.15, 0.2) is 0 Å². The van der Waals surface area contributed by atoms with E-state index < -0.39 is 0 Å². The van der Waals surface area contributed by atoms with Gasteiger partial charge in [-0.05, 0) is 58.8 Å². The van der Waals surface area contributed by atoms with Crippen LogP contribution in [-0.4, -0.2) is 48.8 Å². The Balaban J connectivity index is 3.99. The van der Waals surface area contributed by atoms with E-state index in [9.17, 15) is 5.11 Å². The molecule has 0 radical (unpaired) electrons. The van der Waals surface area contributed by atoms with Crippen molar-refractivity contribution in [3.8, 4) is 0 Å². The molecule has 17 heavy (non-hydrogen) atoms. The number of hydrogen-bond donors (Lipinski definition) is 2. The monoisotopic (exact) mass is 244 g/mol. The summed E-state index contributed by atoms with van der Waals surface area (Å²) < 4.78 is 0. The first-order valence-corrected chi connectivity index (χ1v) is 7.20. The molecular formula is C14H32N2O. The van der Waals surface area contributed by atoms with Gasteiger partial charge in [0.1, 0.15) is 0 Å². The van der Waals surface area contributed by atoms with Gasteiger partial charge in [0.2, 0.25) is 0 Å². The fourth-order valence-corrected chi connectivity index (χ4v) is 2.36. The third-order valence-corrected chi connectivity index (χ3v) is 3.72. The Bertz CT molecular complexity index is 155. The van der Waals surface area contributed by atoms with E-state index >= 15 is 0 Å². The van der Waals surface area contributed by atoms with Crippen LogP contribution in [0.5, 0.6) is 0 Å². The van der Waals surface area contributed by atoms with Gasteiger partial charge in [0.15, 0.2) is 0 Å². The van der Waals surface area contributed by atoms with Gasteiger partial charge >= 0.3 is 0 Å². The Labute approximate surface area is 108 Å². The minimum absolute atomic E-state index is 0.0654. The average Bonchev–Trinajstić information content (AvgIpc) is 2.36. The van der Waals surface area contributed by atoms with Crippen LogP contribution in [0, 0.1) is 0 Å². The lowest BCUT2D eigenvalue weighted by Crippen LogP contribution is -2.46. The number of hydrogen-bond acceptors (Lipinski definition) is 3. The summed E-state index contributed by atoms with van der Waals surface area (Å²) in [5.74, 6) is 0. The van der Waals surface area contributed by atoms with Crippen LogP contribution < -0.4 is 5.32 Å². The van der Waals surface area contributed by atoms with Crippen LogP contribution in [0.2, 0.25) is 0 Å². The Morgan fingerprint density at radius 3 is 2.00 bits per heavy atom. The lowest BCUT2D eigenvalue weighted by atomic mass is 9.91. The van der Waals surface area contributed by atoms with Gasteiger partial charge in [-0.3, -0.25) is 0 Å².